The van der Waals surface area contributed by atoms with Gasteiger partial charge in [0.1, 0.15) is 5.75 Å². The largest absolute Gasteiger partial charge is 0.497 e. The SMILES string of the molecule is COc1cccc([C@@H]2CN(Cc3ccccc3[N+](=O)[O-])C[C@H]2CN(CC(C)C)C(C)=O)c1. The highest BCUT2D eigenvalue weighted by Gasteiger charge is 2.36. The summed E-state index contributed by atoms with van der Waals surface area (Å²) in [5.74, 6) is 1.72. The Labute approximate surface area is 190 Å². The molecular formula is C25H33N3O4. The molecule has 1 amide bonds. The van der Waals surface area contributed by atoms with Crippen LogP contribution in [0.4, 0.5) is 5.69 Å². The second-order valence-corrected chi connectivity index (χ2v) is 9.04. The molecule has 7 nitrogen and oxygen atoms in total. The van der Waals surface area contributed by atoms with Crippen LogP contribution in [0.2, 0.25) is 0 Å². The van der Waals surface area contributed by atoms with Crippen LogP contribution >= 0.6 is 0 Å². The lowest BCUT2D eigenvalue weighted by Crippen LogP contribution is -2.38. The van der Waals surface area contributed by atoms with Crippen LogP contribution in [0, 0.1) is 22.0 Å². The molecule has 3 rings (SSSR count). The third-order valence-corrected chi connectivity index (χ3v) is 6.11. The van der Waals surface area contributed by atoms with Gasteiger partial charge in [-0.2, -0.15) is 0 Å². The maximum atomic E-state index is 12.3. The summed E-state index contributed by atoms with van der Waals surface area (Å²) in [5.41, 5.74) is 2.04. The first-order chi connectivity index (χ1) is 15.3. The molecule has 2 aromatic carbocycles. The van der Waals surface area contributed by atoms with Gasteiger partial charge in [0.15, 0.2) is 0 Å². The summed E-state index contributed by atoms with van der Waals surface area (Å²) in [4.78, 5) is 27.7. The van der Waals surface area contributed by atoms with Gasteiger partial charge < -0.3 is 9.64 Å². The highest BCUT2D eigenvalue weighted by atomic mass is 16.6. The van der Waals surface area contributed by atoms with Crippen LogP contribution in [-0.4, -0.2) is 53.9 Å². The van der Waals surface area contributed by atoms with Crippen LogP contribution in [-0.2, 0) is 11.3 Å². The standard InChI is InChI=1S/C25H33N3O4/c1-18(2)13-27(19(3)29)16-22-15-26(14-21-8-5-6-11-25(21)28(30)31)17-24(22)20-9-7-10-23(12-20)32-4/h5-12,18,22,24H,13-17H2,1-4H3/t22-,24-/m0/s1. The molecule has 172 valence electrons. The van der Waals surface area contributed by atoms with E-state index in [1.54, 1.807) is 26.2 Å². The summed E-state index contributed by atoms with van der Waals surface area (Å²) < 4.78 is 5.43. The van der Waals surface area contributed by atoms with Crippen molar-refractivity contribution in [2.45, 2.75) is 33.2 Å². The molecule has 0 aliphatic carbocycles. The molecule has 1 aliphatic heterocycles. The topological polar surface area (TPSA) is 75.9 Å². The minimum Gasteiger partial charge on any atom is -0.497 e. The normalized spacial score (nSPS) is 18.7. The van der Waals surface area contributed by atoms with Gasteiger partial charge in [0.25, 0.3) is 5.69 Å². The minimum absolute atomic E-state index is 0.0836. The Morgan fingerprint density at radius 3 is 2.62 bits per heavy atom. The Kier molecular flexibility index (Phi) is 7.85. The van der Waals surface area contributed by atoms with Crippen molar-refractivity contribution in [3.8, 4) is 5.75 Å². The van der Waals surface area contributed by atoms with Crippen LogP contribution in [0.15, 0.2) is 48.5 Å². The molecule has 1 aliphatic rings. The number of carbonyl (C=O) groups is 1. The van der Waals surface area contributed by atoms with E-state index in [9.17, 15) is 14.9 Å². The highest BCUT2D eigenvalue weighted by Crippen LogP contribution is 2.36. The van der Waals surface area contributed by atoms with Gasteiger partial charge in [-0.3, -0.25) is 19.8 Å². The molecule has 2 atom stereocenters. The number of benzene rings is 2. The summed E-state index contributed by atoms with van der Waals surface area (Å²) in [7, 11) is 1.66. The van der Waals surface area contributed by atoms with E-state index in [1.165, 1.54) is 5.56 Å². The van der Waals surface area contributed by atoms with E-state index < -0.39 is 0 Å². The minimum atomic E-state index is -0.317. The molecule has 0 aromatic heterocycles. The number of nitrogens with zero attached hydrogens (tertiary/aromatic N) is 3. The molecule has 2 aromatic rings. The Hall–Kier alpha value is -2.93. The zero-order chi connectivity index (χ0) is 23.3. The van der Waals surface area contributed by atoms with Crippen LogP contribution in [0.5, 0.6) is 5.75 Å². The molecule has 1 heterocycles. The Morgan fingerprint density at radius 1 is 1.22 bits per heavy atom. The Bertz CT molecular complexity index is 946. The molecule has 0 bridgehead atoms. The molecule has 7 heteroatoms. The number of nitro benzene ring substituents is 1. The van der Waals surface area contributed by atoms with Crippen LogP contribution in [0.25, 0.3) is 0 Å². The highest BCUT2D eigenvalue weighted by molar-refractivity contribution is 5.73. The van der Waals surface area contributed by atoms with Gasteiger partial charge >= 0.3 is 0 Å². The fourth-order valence-electron chi connectivity index (χ4n) is 4.64. The van der Waals surface area contributed by atoms with Crippen LogP contribution < -0.4 is 4.74 Å². The third-order valence-electron chi connectivity index (χ3n) is 6.11. The number of methoxy groups -OCH3 is 1. The molecule has 0 spiro atoms. The number of para-hydroxylation sites is 1. The monoisotopic (exact) mass is 439 g/mol. The van der Waals surface area contributed by atoms with Crippen molar-refractivity contribution in [1.82, 2.24) is 9.80 Å². The molecule has 0 N–H and O–H groups in total. The average Bonchev–Trinajstić information content (AvgIpc) is 3.15. The fourth-order valence-corrected chi connectivity index (χ4v) is 4.64. The molecule has 0 saturated carbocycles. The number of hydrogen-bond donors (Lipinski definition) is 0. The summed E-state index contributed by atoms with van der Waals surface area (Å²) in [6.45, 7) is 9.31. The third kappa shape index (κ3) is 5.85. The first-order valence-corrected chi connectivity index (χ1v) is 11.1. The number of nitro groups is 1. The molecular weight excluding hydrogens is 406 g/mol. The van der Waals surface area contributed by atoms with E-state index in [1.807, 2.05) is 29.2 Å². The van der Waals surface area contributed by atoms with Crippen molar-refractivity contribution >= 4 is 11.6 Å². The summed E-state index contributed by atoms with van der Waals surface area (Å²) in [5, 5.41) is 11.5. The van der Waals surface area contributed by atoms with E-state index in [-0.39, 0.29) is 28.4 Å². The Balaban J connectivity index is 1.86. The lowest BCUT2D eigenvalue weighted by Gasteiger charge is -2.29. The number of likely N-dealkylation sites (tertiary alicyclic amines) is 1. The van der Waals surface area contributed by atoms with E-state index in [4.69, 9.17) is 4.74 Å². The zero-order valence-corrected chi connectivity index (χ0v) is 19.4. The van der Waals surface area contributed by atoms with Crippen LogP contribution in [0.3, 0.4) is 0 Å². The van der Waals surface area contributed by atoms with Gasteiger partial charge in [0.05, 0.1) is 12.0 Å². The van der Waals surface area contributed by atoms with Gasteiger partial charge in [-0.1, -0.05) is 44.2 Å². The summed E-state index contributed by atoms with van der Waals surface area (Å²) in [6, 6.07) is 15.0. The smallest absolute Gasteiger partial charge is 0.273 e. The summed E-state index contributed by atoms with van der Waals surface area (Å²) in [6.07, 6.45) is 0. The predicted molar refractivity (Wildman–Crippen MR) is 125 cm³/mol. The van der Waals surface area contributed by atoms with Gasteiger partial charge in [-0.15, -0.1) is 0 Å². The second kappa shape index (κ2) is 10.6. The second-order valence-electron chi connectivity index (χ2n) is 9.04. The maximum Gasteiger partial charge on any atom is 0.273 e. The van der Waals surface area contributed by atoms with Gasteiger partial charge in [0, 0.05) is 57.2 Å². The van der Waals surface area contributed by atoms with Gasteiger partial charge in [0.2, 0.25) is 5.91 Å². The first-order valence-electron chi connectivity index (χ1n) is 11.1. The molecule has 32 heavy (non-hydrogen) atoms. The predicted octanol–water partition coefficient (Wildman–Crippen LogP) is 4.32. The number of rotatable bonds is 9. The van der Waals surface area contributed by atoms with E-state index in [0.717, 1.165) is 25.4 Å². The lowest BCUT2D eigenvalue weighted by atomic mass is 9.88. The van der Waals surface area contributed by atoms with E-state index >= 15 is 0 Å². The van der Waals surface area contributed by atoms with Crippen molar-refractivity contribution in [2.24, 2.45) is 11.8 Å². The average molecular weight is 440 g/mol. The molecule has 1 fully saturated rings. The molecule has 1 saturated heterocycles. The van der Waals surface area contributed by atoms with E-state index in [2.05, 4.69) is 30.9 Å². The first kappa shape index (κ1) is 23.7. The number of amides is 1. The molecule has 0 radical (unpaired) electrons. The Morgan fingerprint density at radius 2 is 1.97 bits per heavy atom. The lowest BCUT2D eigenvalue weighted by molar-refractivity contribution is -0.385. The zero-order valence-electron chi connectivity index (χ0n) is 19.4. The quantitative estimate of drug-likeness (QED) is 0.430. The number of carbonyl (C=O) groups excluding carboxylic acids is 1. The number of hydrogen-bond acceptors (Lipinski definition) is 5. The maximum absolute atomic E-state index is 12.3. The van der Waals surface area contributed by atoms with Crippen LogP contribution in [0.1, 0.15) is 37.8 Å². The fraction of sp³-hybridized carbons (Fsp3) is 0.480. The van der Waals surface area contributed by atoms with Crippen molar-refractivity contribution in [1.29, 1.82) is 0 Å². The van der Waals surface area contributed by atoms with Crippen molar-refractivity contribution < 1.29 is 14.5 Å². The van der Waals surface area contributed by atoms with Gasteiger partial charge in [-0.05, 0) is 29.5 Å². The van der Waals surface area contributed by atoms with Gasteiger partial charge in [-0.25, -0.2) is 0 Å². The van der Waals surface area contributed by atoms with E-state index in [0.29, 0.717) is 24.6 Å². The van der Waals surface area contributed by atoms with Crippen molar-refractivity contribution in [2.75, 3.05) is 33.3 Å². The van der Waals surface area contributed by atoms with Crippen molar-refractivity contribution in [3.05, 3.63) is 69.8 Å². The molecule has 0 unspecified atom stereocenters. The number of ether oxygens (including phenoxy) is 1. The van der Waals surface area contributed by atoms with Crippen molar-refractivity contribution in [3.63, 3.8) is 0 Å². The summed E-state index contributed by atoms with van der Waals surface area (Å²) >= 11 is 0.